The first kappa shape index (κ1) is 18.9. The van der Waals surface area contributed by atoms with Crippen LogP contribution in [0.15, 0.2) is 36.4 Å². The molecule has 1 atom stereocenters. The molecule has 0 aliphatic carbocycles. The van der Waals surface area contributed by atoms with Gasteiger partial charge in [0, 0.05) is 23.8 Å². The van der Waals surface area contributed by atoms with E-state index in [-0.39, 0.29) is 24.1 Å². The first-order valence-corrected chi connectivity index (χ1v) is 8.56. The predicted octanol–water partition coefficient (Wildman–Crippen LogP) is 3.22. The van der Waals surface area contributed by atoms with Crippen LogP contribution in [0.3, 0.4) is 0 Å². The van der Waals surface area contributed by atoms with Crippen LogP contribution >= 0.6 is 0 Å². The van der Waals surface area contributed by atoms with Crippen molar-refractivity contribution in [1.29, 1.82) is 0 Å². The van der Waals surface area contributed by atoms with Gasteiger partial charge in [-0.3, -0.25) is 9.59 Å². The molecule has 1 saturated heterocycles. The lowest BCUT2D eigenvalue weighted by molar-refractivity contribution is -0.138. The minimum absolute atomic E-state index is 0.154. The van der Waals surface area contributed by atoms with Gasteiger partial charge >= 0.3 is 0 Å². The predicted molar refractivity (Wildman–Crippen MR) is 94.7 cm³/mol. The Labute approximate surface area is 155 Å². The molecule has 1 unspecified atom stereocenters. The third-order valence-corrected chi connectivity index (χ3v) is 4.71. The van der Waals surface area contributed by atoms with E-state index in [9.17, 15) is 22.8 Å². The largest absolute Gasteiger partial charge is 0.329 e. The van der Waals surface area contributed by atoms with Crippen LogP contribution in [0.2, 0.25) is 0 Å². The summed E-state index contributed by atoms with van der Waals surface area (Å²) < 4.78 is 40.2. The van der Waals surface area contributed by atoms with Crippen LogP contribution in [-0.2, 0) is 16.0 Å². The van der Waals surface area contributed by atoms with Crippen LogP contribution in [0.4, 0.5) is 18.9 Å². The first-order valence-electron chi connectivity index (χ1n) is 8.56. The Hall–Kier alpha value is -2.83. The zero-order valence-corrected chi connectivity index (χ0v) is 15.0. The molecule has 7 heteroatoms. The van der Waals surface area contributed by atoms with E-state index in [1.165, 1.54) is 4.90 Å². The minimum atomic E-state index is -1.60. The molecule has 0 saturated carbocycles. The van der Waals surface area contributed by atoms with Gasteiger partial charge in [-0.2, -0.15) is 0 Å². The molecule has 0 radical (unpaired) electrons. The second-order valence-corrected chi connectivity index (χ2v) is 6.72. The van der Waals surface area contributed by atoms with Gasteiger partial charge in [-0.05, 0) is 32.0 Å². The van der Waals surface area contributed by atoms with Crippen LogP contribution in [0.5, 0.6) is 0 Å². The molecular formula is C20H19F3N2O2. The smallest absolute Gasteiger partial charge is 0.246 e. The van der Waals surface area contributed by atoms with Crippen molar-refractivity contribution >= 4 is 17.5 Å². The highest BCUT2D eigenvalue weighted by Crippen LogP contribution is 2.22. The molecule has 2 aromatic rings. The zero-order valence-electron chi connectivity index (χ0n) is 15.0. The Morgan fingerprint density at radius 3 is 2.41 bits per heavy atom. The summed E-state index contributed by atoms with van der Waals surface area (Å²) >= 11 is 0. The summed E-state index contributed by atoms with van der Waals surface area (Å²) in [5.41, 5.74) is 1.58. The maximum atomic E-state index is 13.8. The molecule has 1 fully saturated rings. The van der Waals surface area contributed by atoms with Gasteiger partial charge in [0.05, 0.1) is 6.42 Å². The molecule has 142 valence electrons. The summed E-state index contributed by atoms with van der Waals surface area (Å²) in [6.07, 6.45) is -0.439. The average Bonchev–Trinajstić information content (AvgIpc) is 2.64. The number of aryl methyl sites for hydroxylation is 1. The fourth-order valence-corrected chi connectivity index (χ4v) is 3.13. The maximum absolute atomic E-state index is 13.8. The number of hydrogen-bond donors (Lipinski definition) is 0. The van der Waals surface area contributed by atoms with E-state index in [2.05, 4.69) is 0 Å². The fraction of sp³-hybridized carbons (Fsp3) is 0.300. The molecule has 0 aromatic heterocycles. The minimum Gasteiger partial charge on any atom is -0.329 e. The van der Waals surface area contributed by atoms with Crippen molar-refractivity contribution in [3.05, 3.63) is 65.0 Å². The number of amides is 2. The van der Waals surface area contributed by atoms with Gasteiger partial charge in [-0.15, -0.1) is 0 Å². The highest BCUT2D eigenvalue weighted by molar-refractivity contribution is 5.98. The molecule has 0 spiro atoms. The van der Waals surface area contributed by atoms with Crippen molar-refractivity contribution < 1.29 is 22.8 Å². The van der Waals surface area contributed by atoms with E-state index < -0.39 is 29.8 Å². The van der Waals surface area contributed by atoms with E-state index in [0.717, 1.165) is 23.4 Å². The van der Waals surface area contributed by atoms with Gasteiger partial charge in [0.25, 0.3) is 0 Å². The molecular weight excluding hydrogens is 357 g/mol. The summed E-state index contributed by atoms with van der Waals surface area (Å²) in [7, 11) is 0. The summed E-state index contributed by atoms with van der Waals surface area (Å²) in [5, 5.41) is 0. The topological polar surface area (TPSA) is 40.6 Å². The molecule has 1 heterocycles. The SMILES string of the molecule is Cc1ccc(N2CC(C)N(C(=O)Cc3ccc(F)c(F)c3F)CC2=O)cc1. The molecule has 27 heavy (non-hydrogen) atoms. The Morgan fingerprint density at radius 1 is 1.07 bits per heavy atom. The molecule has 0 bridgehead atoms. The highest BCUT2D eigenvalue weighted by atomic mass is 19.2. The van der Waals surface area contributed by atoms with Crippen molar-refractivity contribution in [3.8, 4) is 0 Å². The number of carbonyl (C=O) groups excluding carboxylic acids is 2. The lowest BCUT2D eigenvalue weighted by atomic mass is 10.1. The molecule has 2 amide bonds. The number of hydrogen-bond acceptors (Lipinski definition) is 2. The number of carbonyl (C=O) groups is 2. The fourth-order valence-electron chi connectivity index (χ4n) is 3.13. The van der Waals surface area contributed by atoms with Crippen molar-refractivity contribution in [1.82, 2.24) is 4.90 Å². The Kier molecular flexibility index (Phi) is 5.21. The van der Waals surface area contributed by atoms with Crippen LogP contribution in [0, 0.1) is 24.4 Å². The lowest BCUT2D eigenvalue weighted by Gasteiger charge is -2.39. The maximum Gasteiger partial charge on any atom is 0.246 e. The number of rotatable bonds is 3. The molecule has 3 rings (SSSR count). The second-order valence-electron chi connectivity index (χ2n) is 6.72. The quantitative estimate of drug-likeness (QED) is 0.772. The van der Waals surface area contributed by atoms with Crippen molar-refractivity contribution in [2.45, 2.75) is 26.3 Å². The molecule has 0 N–H and O–H groups in total. The van der Waals surface area contributed by atoms with Crippen LogP contribution < -0.4 is 4.90 Å². The zero-order chi connectivity index (χ0) is 19.7. The number of anilines is 1. The van der Waals surface area contributed by atoms with Crippen LogP contribution in [0.1, 0.15) is 18.1 Å². The Bertz CT molecular complexity index is 884. The van der Waals surface area contributed by atoms with Crippen molar-refractivity contribution in [2.75, 3.05) is 18.0 Å². The Balaban J connectivity index is 1.73. The van der Waals surface area contributed by atoms with Gasteiger partial charge in [0.1, 0.15) is 6.54 Å². The third-order valence-electron chi connectivity index (χ3n) is 4.71. The highest BCUT2D eigenvalue weighted by Gasteiger charge is 2.33. The summed E-state index contributed by atoms with van der Waals surface area (Å²) in [6.45, 7) is 3.88. The van der Waals surface area contributed by atoms with Gasteiger partial charge in [0.2, 0.25) is 11.8 Å². The first-order chi connectivity index (χ1) is 12.8. The summed E-state index contributed by atoms with van der Waals surface area (Å²) in [6, 6.07) is 9.01. The van der Waals surface area contributed by atoms with Crippen LogP contribution in [0.25, 0.3) is 0 Å². The molecule has 2 aromatic carbocycles. The van der Waals surface area contributed by atoms with Gasteiger partial charge in [0.15, 0.2) is 17.5 Å². The molecule has 4 nitrogen and oxygen atoms in total. The normalized spacial score (nSPS) is 17.4. The van der Waals surface area contributed by atoms with Gasteiger partial charge < -0.3 is 9.80 Å². The summed E-state index contributed by atoms with van der Waals surface area (Å²) in [5.74, 6) is -5.05. The van der Waals surface area contributed by atoms with E-state index in [1.54, 1.807) is 11.8 Å². The average molecular weight is 376 g/mol. The number of piperazine rings is 1. The van der Waals surface area contributed by atoms with Crippen LogP contribution in [-0.4, -0.2) is 35.8 Å². The van der Waals surface area contributed by atoms with E-state index >= 15 is 0 Å². The van der Waals surface area contributed by atoms with E-state index in [0.29, 0.717) is 6.54 Å². The molecule has 1 aliphatic heterocycles. The standard InChI is InChI=1S/C20H19F3N2O2/c1-12-3-6-15(7-4-12)25-10-13(2)24(11-18(25)27)17(26)9-14-5-8-16(21)20(23)19(14)22/h3-8,13H,9-11H2,1-2H3. The lowest BCUT2D eigenvalue weighted by Crippen LogP contribution is -2.57. The van der Waals surface area contributed by atoms with Gasteiger partial charge in [-0.25, -0.2) is 13.2 Å². The van der Waals surface area contributed by atoms with E-state index in [4.69, 9.17) is 0 Å². The number of benzene rings is 2. The number of nitrogens with zero attached hydrogens (tertiary/aromatic N) is 2. The van der Waals surface area contributed by atoms with E-state index in [1.807, 2.05) is 31.2 Å². The van der Waals surface area contributed by atoms with Crippen molar-refractivity contribution in [2.24, 2.45) is 0 Å². The Morgan fingerprint density at radius 2 is 1.74 bits per heavy atom. The van der Waals surface area contributed by atoms with Crippen molar-refractivity contribution in [3.63, 3.8) is 0 Å². The monoisotopic (exact) mass is 376 g/mol. The number of halogens is 3. The second kappa shape index (κ2) is 7.42. The summed E-state index contributed by atoms with van der Waals surface area (Å²) in [4.78, 5) is 28.0. The van der Waals surface area contributed by atoms with Gasteiger partial charge in [-0.1, -0.05) is 23.8 Å². The third kappa shape index (κ3) is 3.82. The molecule has 1 aliphatic rings.